The molecule has 1 saturated carbocycles. The third kappa shape index (κ3) is 4.72. The number of pyridine rings is 2. The molecule has 0 aromatic carbocycles. The third-order valence-electron chi connectivity index (χ3n) is 8.57. The highest BCUT2D eigenvalue weighted by atomic mass is 35.5. The molecule has 200 valence electrons. The Morgan fingerprint density at radius 3 is 2.63 bits per heavy atom. The first-order valence-electron chi connectivity index (χ1n) is 13.7. The van der Waals surface area contributed by atoms with Crippen molar-refractivity contribution in [2.75, 3.05) is 11.4 Å². The fourth-order valence-corrected chi connectivity index (χ4v) is 6.30. The molecule has 0 spiro atoms. The van der Waals surface area contributed by atoms with Crippen LogP contribution in [0.15, 0.2) is 33.8 Å². The van der Waals surface area contributed by atoms with E-state index in [0.717, 1.165) is 53.7 Å². The van der Waals surface area contributed by atoms with E-state index in [1.165, 1.54) is 32.1 Å². The second kappa shape index (κ2) is 10.2. The smallest absolute Gasteiger partial charge is 0.339 e. The molecule has 4 aromatic heterocycles. The standard InChI is InChI=1S/C28H34ClN7O2/c1-16-6-8-19(9-7-16)15-36-25-22(32-27(36)35-10-4-5-17(2)18(35)3)12-23(26-33-28(37)38-34-26)31-24(25)20-11-21(29)14-30-13-20/h11-14,16-19H,4-10,15H2,1-3H3,(H,33,34,37)/t16-,17?,18?,19-. The summed E-state index contributed by atoms with van der Waals surface area (Å²) in [5, 5.41) is 4.43. The molecule has 0 bridgehead atoms. The van der Waals surface area contributed by atoms with Gasteiger partial charge in [-0.3, -0.25) is 14.5 Å². The van der Waals surface area contributed by atoms with E-state index >= 15 is 0 Å². The zero-order valence-corrected chi connectivity index (χ0v) is 22.9. The van der Waals surface area contributed by atoms with Crippen LogP contribution in [0.2, 0.25) is 5.02 Å². The molecular weight excluding hydrogens is 502 g/mol. The number of nitrogens with zero attached hydrogens (tertiary/aromatic N) is 6. The Hall–Kier alpha value is -3.20. The first kappa shape index (κ1) is 25.1. The van der Waals surface area contributed by atoms with Crippen molar-refractivity contribution >= 4 is 28.6 Å². The van der Waals surface area contributed by atoms with E-state index in [0.29, 0.717) is 28.6 Å². The normalized spacial score (nSPS) is 24.3. The number of anilines is 1. The number of halogens is 1. The average molecular weight is 536 g/mol. The molecule has 2 atom stereocenters. The molecule has 1 aliphatic heterocycles. The van der Waals surface area contributed by atoms with E-state index in [-0.39, 0.29) is 5.82 Å². The van der Waals surface area contributed by atoms with E-state index in [4.69, 9.17) is 26.1 Å². The van der Waals surface area contributed by atoms with Crippen molar-refractivity contribution in [3.05, 3.63) is 40.1 Å². The first-order valence-corrected chi connectivity index (χ1v) is 14.1. The predicted octanol–water partition coefficient (Wildman–Crippen LogP) is 5.94. The monoisotopic (exact) mass is 535 g/mol. The van der Waals surface area contributed by atoms with Gasteiger partial charge in [0.15, 0.2) is 0 Å². The number of aromatic amines is 1. The van der Waals surface area contributed by atoms with Crippen LogP contribution in [-0.4, -0.2) is 42.2 Å². The molecule has 2 unspecified atom stereocenters. The number of H-pyrrole nitrogens is 1. The molecule has 1 saturated heterocycles. The van der Waals surface area contributed by atoms with Crippen molar-refractivity contribution in [3.8, 4) is 22.8 Å². The van der Waals surface area contributed by atoms with E-state index in [9.17, 15) is 4.79 Å². The van der Waals surface area contributed by atoms with Crippen molar-refractivity contribution in [2.45, 2.75) is 71.9 Å². The highest BCUT2D eigenvalue weighted by Gasteiger charge is 2.31. The van der Waals surface area contributed by atoms with Gasteiger partial charge in [-0.1, -0.05) is 43.4 Å². The van der Waals surface area contributed by atoms with E-state index < -0.39 is 5.76 Å². The fraction of sp³-hybridized carbons (Fsp3) is 0.536. The van der Waals surface area contributed by atoms with Crippen LogP contribution in [0.3, 0.4) is 0 Å². The van der Waals surface area contributed by atoms with Crippen LogP contribution in [0, 0.1) is 17.8 Å². The number of piperidine rings is 1. The minimum Gasteiger partial charge on any atom is -0.339 e. The highest BCUT2D eigenvalue weighted by Crippen LogP contribution is 2.38. The Bertz CT molecular complexity index is 1500. The number of imidazole rings is 1. The molecule has 2 aliphatic rings. The minimum absolute atomic E-state index is 0.269. The predicted molar refractivity (Wildman–Crippen MR) is 148 cm³/mol. The zero-order chi connectivity index (χ0) is 26.4. The number of fused-ring (bicyclic) bond motifs is 1. The van der Waals surface area contributed by atoms with Gasteiger partial charge in [-0.2, -0.15) is 0 Å². The molecule has 2 fully saturated rings. The molecule has 4 aromatic rings. The van der Waals surface area contributed by atoms with Gasteiger partial charge in [0, 0.05) is 37.1 Å². The summed E-state index contributed by atoms with van der Waals surface area (Å²) in [6.07, 6.45) is 10.7. The average Bonchev–Trinajstić information content (AvgIpc) is 3.50. The SMILES string of the molecule is CC1CCCN(c2nc3cc(-c4noc(=O)[nH]4)nc(-c4cncc(Cl)c4)c3n2C[C@H]2CC[C@H](C)CC2)C1C. The number of aromatic nitrogens is 6. The molecule has 0 amide bonds. The minimum atomic E-state index is -0.623. The quantitative estimate of drug-likeness (QED) is 0.337. The Kier molecular flexibility index (Phi) is 6.72. The second-order valence-electron chi connectivity index (χ2n) is 11.3. The van der Waals surface area contributed by atoms with Crippen LogP contribution in [0.4, 0.5) is 5.95 Å². The lowest BCUT2D eigenvalue weighted by molar-refractivity contribution is 0.265. The maximum absolute atomic E-state index is 11.7. The van der Waals surface area contributed by atoms with Crippen LogP contribution in [0.25, 0.3) is 33.8 Å². The maximum atomic E-state index is 11.7. The van der Waals surface area contributed by atoms with Crippen molar-refractivity contribution in [1.82, 2.24) is 29.7 Å². The van der Waals surface area contributed by atoms with Gasteiger partial charge in [-0.15, -0.1) is 0 Å². The van der Waals surface area contributed by atoms with Crippen molar-refractivity contribution in [1.29, 1.82) is 0 Å². The summed E-state index contributed by atoms with van der Waals surface area (Å²) in [5.74, 6) is 2.58. The lowest BCUT2D eigenvalue weighted by Crippen LogP contribution is -2.44. The number of hydrogen-bond donors (Lipinski definition) is 1. The lowest BCUT2D eigenvalue weighted by atomic mass is 9.83. The summed E-state index contributed by atoms with van der Waals surface area (Å²) in [6, 6.07) is 4.14. The van der Waals surface area contributed by atoms with Gasteiger partial charge in [0.05, 0.1) is 21.7 Å². The molecule has 10 heteroatoms. The fourth-order valence-electron chi connectivity index (χ4n) is 6.13. The topological polar surface area (TPSA) is 106 Å². The van der Waals surface area contributed by atoms with Crippen LogP contribution >= 0.6 is 11.6 Å². The van der Waals surface area contributed by atoms with E-state index in [1.807, 2.05) is 12.1 Å². The van der Waals surface area contributed by atoms with Crippen LogP contribution < -0.4 is 10.7 Å². The van der Waals surface area contributed by atoms with Crippen LogP contribution in [0.5, 0.6) is 0 Å². The number of rotatable bonds is 5. The summed E-state index contributed by atoms with van der Waals surface area (Å²) >= 11 is 6.38. The molecule has 9 nitrogen and oxygen atoms in total. The summed E-state index contributed by atoms with van der Waals surface area (Å²) in [4.78, 5) is 31.4. The summed E-state index contributed by atoms with van der Waals surface area (Å²) in [7, 11) is 0. The molecular formula is C28H34ClN7O2. The molecule has 5 heterocycles. The Labute approximate surface area is 226 Å². The molecule has 1 aliphatic carbocycles. The Morgan fingerprint density at radius 2 is 1.89 bits per heavy atom. The first-order chi connectivity index (χ1) is 18.4. The second-order valence-corrected chi connectivity index (χ2v) is 11.7. The van der Waals surface area contributed by atoms with Crippen LogP contribution in [-0.2, 0) is 6.54 Å². The van der Waals surface area contributed by atoms with Gasteiger partial charge in [0.1, 0.15) is 5.69 Å². The number of nitrogens with one attached hydrogen (secondary N) is 1. The number of hydrogen-bond acceptors (Lipinski definition) is 7. The maximum Gasteiger partial charge on any atom is 0.439 e. The largest absolute Gasteiger partial charge is 0.439 e. The van der Waals surface area contributed by atoms with Gasteiger partial charge in [-0.25, -0.2) is 14.8 Å². The zero-order valence-electron chi connectivity index (χ0n) is 22.2. The van der Waals surface area contributed by atoms with E-state index in [2.05, 4.69) is 45.4 Å². The van der Waals surface area contributed by atoms with Gasteiger partial charge in [0.25, 0.3) is 0 Å². The summed E-state index contributed by atoms with van der Waals surface area (Å²) < 4.78 is 7.18. The summed E-state index contributed by atoms with van der Waals surface area (Å²) in [5.41, 5.74) is 3.76. The van der Waals surface area contributed by atoms with Crippen LogP contribution in [0.1, 0.15) is 59.3 Å². The molecule has 1 N–H and O–H groups in total. The highest BCUT2D eigenvalue weighted by molar-refractivity contribution is 6.30. The third-order valence-corrected chi connectivity index (χ3v) is 8.78. The molecule has 6 rings (SSSR count). The summed E-state index contributed by atoms with van der Waals surface area (Å²) in [6.45, 7) is 8.85. The lowest BCUT2D eigenvalue weighted by Gasteiger charge is -2.39. The van der Waals surface area contributed by atoms with Crippen molar-refractivity contribution in [3.63, 3.8) is 0 Å². The van der Waals surface area contributed by atoms with Crippen molar-refractivity contribution < 1.29 is 4.52 Å². The van der Waals surface area contributed by atoms with E-state index in [1.54, 1.807) is 12.4 Å². The van der Waals surface area contributed by atoms with Gasteiger partial charge >= 0.3 is 5.76 Å². The molecule has 0 radical (unpaired) electrons. The van der Waals surface area contributed by atoms with Gasteiger partial charge < -0.3 is 9.47 Å². The van der Waals surface area contributed by atoms with Gasteiger partial charge in [-0.05, 0) is 62.5 Å². The Morgan fingerprint density at radius 1 is 1.08 bits per heavy atom. The molecule has 38 heavy (non-hydrogen) atoms. The van der Waals surface area contributed by atoms with Gasteiger partial charge in [0.2, 0.25) is 11.8 Å². The van der Waals surface area contributed by atoms with Crippen molar-refractivity contribution in [2.24, 2.45) is 17.8 Å². The Balaban J connectivity index is 1.58.